The quantitative estimate of drug-likeness (QED) is 0.732. The van der Waals surface area contributed by atoms with Crippen LogP contribution in [0.3, 0.4) is 0 Å². The fourth-order valence-corrected chi connectivity index (χ4v) is 2.36. The van der Waals surface area contributed by atoms with Gasteiger partial charge in [0.1, 0.15) is 0 Å². The molecular formula is C13H18N2O2S. The van der Waals surface area contributed by atoms with E-state index in [2.05, 4.69) is 10.0 Å². The van der Waals surface area contributed by atoms with Gasteiger partial charge in [0.25, 0.3) is 0 Å². The molecule has 0 amide bonds. The van der Waals surface area contributed by atoms with Crippen molar-refractivity contribution in [3.05, 3.63) is 41.3 Å². The van der Waals surface area contributed by atoms with E-state index in [1.165, 1.54) is 18.2 Å². The third-order valence-corrected chi connectivity index (χ3v) is 3.78. The summed E-state index contributed by atoms with van der Waals surface area (Å²) in [6.45, 7) is 1.11. The zero-order valence-electron chi connectivity index (χ0n) is 10.2. The molecule has 0 aliphatic heterocycles. The Balaban J connectivity index is 1.77. The summed E-state index contributed by atoms with van der Waals surface area (Å²) >= 11 is 0. The lowest BCUT2D eigenvalue weighted by atomic mass is 10.2. The van der Waals surface area contributed by atoms with E-state index in [1.54, 1.807) is 6.08 Å². The summed E-state index contributed by atoms with van der Waals surface area (Å²) in [5.41, 5.74) is 0.874. The molecule has 2 N–H and O–H groups in total. The van der Waals surface area contributed by atoms with Gasteiger partial charge >= 0.3 is 0 Å². The van der Waals surface area contributed by atoms with Crippen LogP contribution in [0.4, 0.5) is 0 Å². The largest absolute Gasteiger partial charge is 0.313 e. The molecule has 0 heterocycles. The van der Waals surface area contributed by atoms with E-state index >= 15 is 0 Å². The maximum Gasteiger partial charge on any atom is 0.233 e. The second-order valence-electron chi connectivity index (χ2n) is 4.38. The zero-order chi connectivity index (χ0) is 12.8. The van der Waals surface area contributed by atoms with Gasteiger partial charge in [0.15, 0.2) is 0 Å². The Kier molecular flexibility index (Phi) is 4.52. The fraction of sp³-hybridized carbons (Fsp3) is 0.385. The van der Waals surface area contributed by atoms with Crippen molar-refractivity contribution in [2.24, 2.45) is 0 Å². The monoisotopic (exact) mass is 266 g/mol. The SMILES string of the molecule is O=S(=O)(C=Cc1ccccc1)NCCNC1CC1. The first-order valence-corrected chi connectivity index (χ1v) is 7.66. The minimum atomic E-state index is -3.33. The molecule has 0 spiro atoms. The molecule has 4 nitrogen and oxygen atoms in total. The first-order chi connectivity index (χ1) is 8.66. The molecule has 1 aromatic carbocycles. The van der Waals surface area contributed by atoms with Gasteiger partial charge in [-0.15, -0.1) is 0 Å². The molecule has 18 heavy (non-hydrogen) atoms. The predicted octanol–water partition coefficient (Wildman–Crippen LogP) is 1.33. The van der Waals surface area contributed by atoms with Crippen molar-refractivity contribution >= 4 is 16.1 Å². The third-order valence-electron chi connectivity index (χ3n) is 2.68. The highest BCUT2D eigenvalue weighted by Gasteiger charge is 2.19. The number of rotatable bonds is 7. The van der Waals surface area contributed by atoms with Crippen LogP contribution < -0.4 is 10.0 Å². The topological polar surface area (TPSA) is 58.2 Å². The highest BCUT2D eigenvalue weighted by atomic mass is 32.2. The lowest BCUT2D eigenvalue weighted by Crippen LogP contribution is -2.31. The van der Waals surface area contributed by atoms with Crippen LogP contribution in [0.5, 0.6) is 0 Å². The second-order valence-corrected chi connectivity index (χ2v) is 6.03. The molecule has 0 aromatic heterocycles. The average molecular weight is 266 g/mol. The van der Waals surface area contributed by atoms with Gasteiger partial charge in [-0.25, -0.2) is 13.1 Å². The van der Waals surface area contributed by atoms with E-state index in [-0.39, 0.29) is 0 Å². The summed E-state index contributed by atoms with van der Waals surface area (Å²) in [5, 5.41) is 4.46. The molecule has 2 rings (SSSR count). The van der Waals surface area contributed by atoms with Crippen LogP contribution in [0.2, 0.25) is 0 Å². The number of benzene rings is 1. The van der Waals surface area contributed by atoms with E-state index in [1.807, 2.05) is 30.3 Å². The van der Waals surface area contributed by atoms with Crippen molar-refractivity contribution in [1.82, 2.24) is 10.0 Å². The first kappa shape index (κ1) is 13.3. The molecule has 1 aliphatic carbocycles. The fourth-order valence-electron chi connectivity index (χ4n) is 1.54. The molecule has 0 saturated heterocycles. The minimum absolute atomic E-state index is 0.429. The molecule has 0 unspecified atom stereocenters. The number of sulfonamides is 1. The molecule has 0 atom stereocenters. The van der Waals surface area contributed by atoms with E-state index in [9.17, 15) is 8.42 Å². The molecule has 1 fully saturated rings. The average Bonchev–Trinajstić information content (AvgIpc) is 3.18. The summed E-state index contributed by atoms with van der Waals surface area (Å²) < 4.78 is 25.8. The lowest BCUT2D eigenvalue weighted by Gasteiger charge is -2.03. The van der Waals surface area contributed by atoms with Gasteiger partial charge in [0.05, 0.1) is 0 Å². The molecule has 5 heteroatoms. The molecule has 98 valence electrons. The van der Waals surface area contributed by atoms with Crippen LogP contribution in [0.15, 0.2) is 35.7 Å². The summed E-state index contributed by atoms with van der Waals surface area (Å²) in [6.07, 6.45) is 4.01. The van der Waals surface area contributed by atoms with Crippen LogP contribution >= 0.6 is 0 Å². The molecule has 0 radical (unpaired) electrons. The third kappa shape index (κ3) is 5.00. The highest BCUT2D eigenvalue weighted by molar-refractivity contribution is 7.92. The van der Waals surface area contributed by atoms with Crippen molar-refractivity contribution < 1.29 is 8.42 Å². The van der Waals surface area contributed by atoms with Gasteiger partial charge < -0.3 is 5.32 Å². The lowest BCUT2D eigenvalue weighted by molar-refractivity contribution is 0.584. The molecular weight excluding hydrogens is 248 g/mol. The molecule has 1 saturated carbocycles. The van der Waals surface area contributed by atoms with Crippen LogP contribution in [0.25, 0.3) is 6.08 Å². The predicted molar refractivity (Wildman–Crippen MR) is 73.4 cm³/mol. The van der Waals surface area contributed by atoms with Crippen molar-refractivity contribution in [3.63, 3.8) is 0 Å². The summed E-state index contributed by atoms with van der Waals surface area (Å²) in [4.78, 5) is 0. The van der Waals surface area contributed by atoms with Crippen LogP contribution in [-0.2, 0) is 10.0 Å². The number of hydrogen-bond donors (Lipinski definition) is 2. The van der Waals surface area contributed by atoms with Crippen LogP contribution in [0.1, 0.15) is 18.4 Å². The van der Waals surface area contributed by atoms with E-state index < -0.39 is 10.0 Å². The Labute approximate surface area is 108 Å². The summed E-state index contributed by atoms with van der Waals surface area (Å²) in [6, 6.07) is 9.97. The van der Waals surface area contributed by atoms with Crippen molar-refractivity contribution in [2.45, 2.75) is 18.9 Å². The zero-order valence-corrected chi connectivity index (χ0v) is 11.0. The summed E-state index contributed by atoms with van der Waals surface area (Å²) in [5.74, 6) is 0. The van der Waals surface area contributed by atoms with Gasteiger partial charge in [0, 0.05) is 24.5 Å². The second kappa shape index (κ2) is 6.13. The smallest absolute Gasteiger partial charge is 0.233 e. The Bertz CT molecular complexity index is 493. The standard InChI is InChI=1S/C13H18N2O2S/c16-18(17,15-10-9-14-13-6-7-13)11-8-12-4-2-1-3-5-12/h1-5,8,11,13-15H,6-7,9-10H2. The van der Waals surface area contributed by atoms with Crippen LogP contribution in [0, 0.1) is 0 Å². The molecule has 0 bridgehead atoms. The Hall–Kier alpha value is -1.17. The van der Waals surface area contributed by atoms with Crippen molar-refractivity contribution in [2.75, 3.05) is 13.1 Å². The first-order valence-electron chi connectivity index (χ1n) is 6.12. The van der Waals surface area contributed by atoms with E-state index in [4.69, 9.17) is 0 Å². The Morgan fingerprint density at radius 3 is 2.56 bits per heavy atom. The minimum Gasteiger partial charge on any atom is -0.313 e. The number of nitrogens with one attached hydrogen (secondary N) is 2. The highest BCUT2D eigenvalue weighted by Crippen LogP contribution is 2.17. The van der Waals surface area contributed by atoms with Gasteiger partial charge in [-0.05, 0) is 24.5 Å². The maximum atomic E-state index is 11.6. The van der Waals surface area contributed by atoms with Crippen molar-refractivity contribution in [1.29, 1.82) is 0 Å². The normalized spacial score (nSPS) is 16.2. The van der Waals surface area contributed by atoms with E-state index in [0.29, 0.717) is 19.1 Å². The Morgan fingerprint density at radius 1 is 1.17 bits per heavy atom. The summed E-state index contributed by atoms with van der Waals surface area (Å²) in [7, 11) is -3.33. The van der Waals surface area contributed by atoms with Gasteiger partial charge in [-0.2, -0.15) is 0 Å². The van der Waals surface area contributed by atoms with Crippen LogP contribution in [-0.4, -0.2) is 27.5 Å². The molecule has 1 aromatic rings. The van der Waals surface area contributed by atoms with Gasteiger partial charge in [0.2, 0.25) is 10.0 Å². The van der Waals surface area contributed by atoms with E-state index in [0.717, 1.165) is 5.56 Å². The Morgan fingerprint density at radius 2 is 1.89 bits per heavy atom. The number of hydrogen-bond acceptors (Lipinski definition) is 3. The van der Waals surface area contributed by atoms with Crippen molar-refractivity contribution in [3.8, 4) is 0 Å². The van der Waals surface area contributed by atoms with Gasteiger partial charge in [-0.3, -0.25) is 0 Å². The maximum absolute atomic E-state index is 11.6. The molecule has 1 aliphatic rings. The van der Waals surface area contributed by atoms with Gasteiger partial charge in [-0.1, -0.05) is 30.3 Å².